The average Bonchev–Trinajstić information content (AvgIpc) is 2.91. The van der Waals surface area contributed by atoms with Gasteiger partial charge in [0, 0.05) is 23.4 Å². The van der Waals surface area contributed by atoms with Gasteiger partial charge in [-0.2, -0.15) is 5.10 Å². The van der Waals surface area contributed by atoms with Crippen LogP contribution in [0.3, 0.4) is 0 Å². The maximum atomic E-state index is 12.2. The SMILES string of the molecule is COc1cc(C=NNC(=O)CNc2ccc3ccccc3c2)ccc1COc1ccc([N+](=O)[O-])cc1. The van der Waals surface area contributed by atoms with Gasteiger partial charge in [-0.25, -0.2) is 5.43 Å². The minimum absolute atomic E-state index is 0.000120. The van der Waals surface area contributed by atoms with E-state index in [1.54, 1.807) is 25.3 Å². The first kappa shape index (κ1) is 24.2. The number of fused-ring (bicyclic) bond motifs is 1. The highest BCUT2D eigenvalue weighted by Crippen LogP contribution is 2.23. The molecule has 0 saturated carbocycles. The topological polar surface area (TPSA) is 115 Å². The lowest BCUT2D eigenvalue weighted by Gasteiger charge is -2.11. The smallest absolute Gasteiger partial charge is 0.269 e. The Morgan fingerprint density at radius 3 is 2.53 bits per heavy atom. The molecular weight excluding hydrogens is 460 g/mol. The van der Waals surface area contributed by atoms with Crippen LogP contribution >= 0.6 is 0 Å². The van der Waals surface area contributed by atoms with Gasteiger partial charge in [0.05, 0.1) is 24.8 Å². The summed E-state index contributed by atoms with van der Waals surface area (Å²) in [5.41, 5.74) is 4.87. The van der Waals surface area contributed by atoms with Crippen LogP contribution in [0.25, 0.3) is 10.8 Å². The van der Waals surface area contributed by atoms with Gasteiger partial charge in [-0.1, -0.05) is 42.5 Å². The first-order valence-corrected chi connectivity index (χ1v) is 11.1. The zero-order valence-electron chi connectivity index (χ0n) is 19.5. The Labute approximate surface area is 207 Å². The summed E-state index contributed by atoms with van der Waals surface area (Å²) in [6, 6.07) is 25.2. The monoisotopic (exact) mass is 484 g/mol. The molecule has 0 aliphatic carbocycles. The van der Waals surface area contributed by atoms with Crippen molar-refractivity contribution in [2.45, 2.75) is 6.61 Å². The number of hydrazone groups is 1. The second-order valence-electron chi connectivity index (χ2n) is 7.82. The number of anilines is 1. The quantitative estimate of drug-likeness (QED) is 0.188. The Hall–Kier alpha value is -4.92. The Balaban J connectivity index is 1.28. The van der Waals surface area contributed by atoms with Gasteiger partial charge in [0.1, 0.15) is 18.1 Å². The molecule has 4 aromatic carbocycles. The normalized spacial score (nSPS) is 10.8. The number of nitro groups is 1. The number of hydrogen-bond acceptors (Lipinski definition) is 7. The minimum Gasteiger partial charge on any atom is -0.496 e. The van der Waals surface area contributed by atoms with Gasteiger partial charge in [0.2, 0.25) is 0 Å². The predicted molar refractivity (Wildman–Crippen MR) is 139 cm³/mol. The number of nitrogens with zero attached hydrogens (tertiary/aromatic N) is 2. The van der Waals surface area contributed by atoms with Crippen LogP contribution in [-0.2, 0) is 11.4 Å². The molecule has 4 aromatic rings. The fourth-order valence-electron chi connectivity index (χ4n) is 3.49. The molecule has 2 N–H and O–H groups in total. The number of nitro benzene ring substituents is 1. The van der Waals surface area contributed by atoms with Crippen LogP contribution in [0.4, 0.5) is 11.4 Å². The summed E-state index contributed by atoms with van der Waals surface area (Å²) in [7, 11) is 1.55. The summed E-state index contributed by atoms with van der Waals surface area (Å²) in [6.07, 6.45) is 1.53. The largest absolute Gasteiger partial charge is 0.496 e. The van der Waals surface area contributed by atoms with Crippen molar-refractivity contribution in [2.24, 2.45) is 5.10 Å². The van der Waals surface area contributed by atoms with E-state index in [2.05, 4.69) is 15.8 Å². The van der Waals surface area contributed by atoms with Gasteiger partial charge >= 0.3 is 0 Å². The maximum Gasteiger partial charge on any atom is 0.269 e. The van der Waals surface area contributed by atoms with E-state index in [9.17, 15) is 14.9 Å². The van der Waals surface area contributed by atoms with E-state index in [1.165, 1.54) is 18.3 Å². The minimum atomic E-state index is -0.461. The van der Waals surface area contributed by atoms with Gasteiger partial charge in [-0.05, 0) is 46.7 Å². The van der Waals surface area contributed by atoms with Gasteiger partial charge in [-0.3, -0.25) is 14.9 Å². The van der Waals surface area contributed by atoms with Crippen molar-refractivity contribution in [3.63, 3.8) is 0 Å². The fraction of sp³-hybridized carbons (Fsp3) is 0.111. The van der Waals surface area contributed by atoms with E-state index < -0.39 is 4.92 Å². The maximum absolute atomic E-state index is 12.2. The molecule has 0 atom stereocenters. The highest BCUT2D eigenvalue weighted by atomic mass is 16.6. The first-order chi connectivity index (χ1) is 17.5. The van der Waals surface area contributed by atoms with Crippen LogP contribution in [0, 0.1) is 10.1 Å². The molecule has 0 aliphatic heterocycles. The number of nitrogens with one attached hydrogen (secondary N) is 2. The standard InChI is InChI=1S/C27H24N4O5/c1-35-26-14-19(6-7-22(26)18-36-25-12-10-24(11-13-25)31(33)34)16-29-30-27(32)17-28-23-9-8-20-4-2-3-5-21(20)15-23/h2-16,28H,17-18H2,1H3,(H,30,32). The third kappa shape index (κ3) is 6.35. The third-order valence-corrected chi connectivity index (χ3v) is 5.36. The second kappa shape index (κ2) is 11.5. The van der Waals surface area contributed by atoms with Crippen LogP contribution in [0.5, 0.6) is 11.5 Å². The zero-order valence-corrected chi connectivity index (χ0v) is 19.5. The van der Waals surface area contributed by atoms with Crippen LogP contribution in [0.1, 0.15) is 11.1 Å². The summed E-state index contributed by atoms with van der Waals surface area (Å²) >= 11 is 0. The third-order valence-electron chi connectivity index (χ3n) is 5.36. The molecule has 9 nitrogen and oxygen atoms in total. The van der Waals surface area contributed by atoms with Crippen molar-refractivity contribution in [2.75, 3.05) is 19.0 Å². The summed E-state index contributed by atoms with van der Waals surface area (Å²) in [4.78, 5) is 22.5. The molecule has 0 saturated heterocycles. The van der Waals surface area contributed by atoms with E-state index in [0.717, 1.165) is 27.6 Å². The van der Waals surface area contributed by atoms with E-state index in [-0.39, 0.29) is 24.7 Å². The summed E-state index contributed by atoms with van der Waals surface area (Å²) < 4.78 is 11.2. The average molecular weight is 485 g/mol. The molecule has 36 heavy (non-hydrogen) atoms. The van der Waals surface area contributed by atoms with Crippen LogP contribution in [0.2, 0.25) is 0 Å². The van der Waals surface area contributed by atoms with Crippen molar-refractivity contribution < 1.29 is 19.2 Å². The Morgan fingerprint density at radius 1 is 1.00 bits per heavy atom. The molecule has 4 rings (SSSR count). The number of carbonyl (C=O) groups is 1. The molecule has 0 aliphatic rings. The number of rotatable bonds is 10. The predicted octanol–water partition coefficient (Wildman–Crippen LogP) is 4.90. The molecule has 9 heteroatoms. The van der Waals surface area contributed by atoms with Crippen LogP contribution in [-0.4, -0.2) is 30.7 Å². The van der Waals surface area contributed by atoms with Crippen molar-refractivity contribution in [1.29, 1.82) is 0 Å². The highest BCUT2D eigenvalue weighted by molar-refractivity contribution is 5.87. The fourth-order valence-corrected chi connectivity index (χ4v) is 3.49. The van der Waals surface area contributed by atoms with Crippen molar-refractivity contribution in [3.8, 4) is 11.5 Å². The van der Waals surface area contributed by atoms with E-state index >= 15 is 0 Å². The molecule has 0 unspecified atom stereocenters. The first-order valence-electron chi connectivity index (χ1n) is 11.1. The number of ether oxygens (including phenoxy) is 2. The molecule has 0 radical (unpaired) electrons. The highest BCUT2D eigenvalue weighted by Gasteiger charge is 2.08. The number of non-ortho nitro benzene ring substituents is 1. The number of benzene rings is 4. The summed E-state index contributed by atoms with van der Waals surface area (Å²) in [6.45, 7) is 0.299. The molecule has 0 spiro atoms. The molecule has 0 fully saturated rings. The molecule has 182 valence electrons. The van der Waals surface area contributed by atoms with Gasteiger partial charge < -0.3 is 14.8 Å². The molecule has 0 bridgehead atoms. The number of carbonyl (C=O) groups excluding carboxylic acids is 1. The summed E-state index contributed by atoms with van der Waals surface area (Å²) in [5, 5.41) is 20.1. The number of amides is 1. The Morgan fingerprint density at radius 2 is 1.78 bits per heavy atom. The Bertz CT molecular complexity index is 1400. The molecular formula is C27H24N4O5. The van der Waals surface area contributed by atoms with Gasteiger partial charge in [-0.15, -0.1) is 0 Å². The molecule has 0 heterocycles. The van der Waals surface area contributed by atoms with Gasteiger partial charge in [0.25, 0.3) is 11.6 Å². The molecule has 1 amide bonds. The summed E-state index contributed by atoms with van der Waals surface area (Å²) in [5.74, 6) is 0.818. The number of methoxy groups -OCH3 is 1. The lowest BCUT2D eigenvalue weighted by molar-refractivity contribution is -0.384. The number of hydrogen-bond donors (Lipinski definition) is 2. The molecule has 0 aromatic heterocycles. The lowest BCUT2D eigenvalue weighted by atomic mass is 10.1. The van der Waals surface area contributed by atoms with Crippen molar-refractivity contribution >= 4 is 34.3 Å². The van der Waals surface area contributed by atoms with E-state index in [0.29, 0.717) is 11.5 Å². The lowest BCUT2D eigenvalue weighted by Crippen LogP contribution is -2.25. The van der Waals surface area contributed by atoms with Crippen molar-refractivity contribution in [3.05, 3.63) is 106 Å². The van der Waals surface area contributed by atoms with E-state index in [1.807, 2.05) is 54.6 Å². The second-order valence-corrected chi connectivity index (χ2v) is 7.82. The van der Waals surface area contributed by atoms with Gasteiger partial charge in [0.15, 0.2) is 0 Å². The zero-order chi connectivity index (χ0) is 25.3. The van der Waals surface area contributed by atoms with Crippen LogP contribution < -0.4 is 20.2 Å². The van der Waals surface area contributed by atoms with Crippen molar-refractivity contribution in [1.82, 2.24) is 5.43 Å². The van der Waals surface area contributed by atoms with E-state index in [4.69, 9.17) is 9.47 Å². The van der Waals surface area contributed by atoms with Crippen LogP contribution in [0.15, 0.2) is 90.0 Å². The Kier molecular flexibility index (Phi) is 7.72.